The molecule has 0 aliphatic heterocycles. The second-order valence-electron chi connectivity index (χ2n) is 5.85. The number of carbonyl (C=O) groups excluding carboxylic acids is 1. The second-order valence-corrected chi connectivity index (χ2v) is 5.85. The number of halogens is 1. The number of anilines is 1. The van der Waals surface area contributed by atoms with E-state index >= 15 is 0 Å². The van der Waals surface area contributed by atoms with Gasteiger partial charge in [-0.15, -0.1) is 0 Å². The summed E-state index contributed by atoms with van der Waals surface area (Å²) in [5.41, 5.74) is 1.31. The van der Waals surface area contributed by atoms with Crippen LogP contribution in [0.4, 0.5) is 14.9 Å². The van der Waals surface area contributed by atoms with Crippen molar-refractivity contribution in [3.05, 3.63) is 60.2 Å². The van der Waals surface area contributed by atoms with E-state index in [4.69, 9.17) is 9.26 Å². The highest BCUT2D eigenvalue weighted by Gasteiger charge is 2.13. The molecule has 0 spiro atoms. The van der Waals surface area contributed by atoms with Gasteiger partial charge < -0.3 is 19.5 Å². The zero-order valence-corrected chi connectivity index (χ0v) is 15.0. The van der Waals surface area contributed by atoms with Crippen LogP contribution in [0.1, 0.15) is 5.82 Å². The molecule has 3 rings (SSSR count). The molecule has 8 heteroatoms. The Balaban J connectivity index is 1.53. The number of ether oxygens (including phenoxy) is 1. The van der Waals surface area contributed by atoms with Gasteiger partial charge in [0.05, 0.1) is 7.11 Å². The van der Waals surface area contributed by atoms with Gasteiger partial charge in [0.2, 0.25) is 0 Å². The third-order valence-electron chi connectivity index (χ3n) is 3.92. The number of carbonyl (C=O) groups is 1. The molecule has 0 saturated carbocycles. The molecule has 0 aliphatic carbocycles. The first-order chi connectivity index (χ1) is 13.0. The first-order valence-corrected chi connectivity index (χ1v) is 8.30. The van der Waals surface area contributed by atoms with E-state index in [1.54, 1.807) is 50.6 Å². The van der Waals surface area contributed by atoms with E-state index in [0.29, 0.717) is 35.9 Å². The minimum absolute atomic E-state index is 0.248. The van der Waals surface area contributed by atoms with Gasteiger partial charge in [-0.3, -0.25) is 0 Å². The van der Waals surface area contributed by atoms with Gasteiger partial charge in [-0.2, -0.15) is 4.98 Å². The zero-order valence-electron chi connectivity index (χ0n) is 15.0. The summed E-state index contributed by atoms with van der Waals surface area (Å²) in [6.45, 7) is 0.407. The number of nitrogens with one attached hydrogen (secondary N) is 1. The van der Waals surface area contributed by atoms with Crippen molar-refractivity contribution in [1.82, 2.24) is 15.0 Å². The normalized spacial score (nSPS) is 10.5. The van der Waals surface area contributed by atoms with Crippen molar-refractivity contribution in [3.63, 3.8) is 0 Å². The molecule has 2 aromatic carbocycles. The molecule has 0 saturated heterocycles. The van der Waals surface area contributed by atoms with Crippen LogP contribution in [0.3, 0.4) is 0 Å². The number of benzene rings is 2. The SMILES string of the molecule is COc1ccc(NC(=O)N(C)CCc2noc(-c3ccc(F)cc3)n2)cc1. The zero-order chi connectivity index (χ0) is 19.2. The number of amides is 2. The number of nitrogens with zero attached hydrogens (tertiary/aromatic N) is 3. The summed E-state index contributed by atoms with van der Waals surface area (Å²) in [6.07, 6.45) is 0.428. The van der Waals surface area contributed by atoms with Crippen molar-refractivity contribution in [2.24, 2.45) is 0 Å². The summed E-state index contributed by atoms with van der Waals surface area (Å²) in [4.78, 5) is 18.0. The summed E-state index contributed by atoms with van der Waals surface area (Å²) in [7, 11) is 3.26. The van der Waals surface area contributed by atoms with E-state index in [0.717, 1.165) is 5.75 Å². The Kier molecular flexibility index (Phi) is 5.65. The molecule has 7 nitrogen and oxygen atoms in total. The molecule has 1 heterocycles. The van der Waals surface area contributed by atoms with Crippen LogP contribution in [-0.2, 0) is 6.42 Å². The highest BCUT2D eigenvalue weighted by molar-refractivity contribution is 5.89. The summed E-state index contributed by atoms with van der Waals surface area (Å²) in [5, 5.41) is 6.69. The fraction of sp³-hybridized carbons (Fsp3) is 0.211. The Bertz CT molecular complexity index is 894. The highest BCUT2D eigenvalue weighted by atomic mass is 19.1. The largest absolute Gasteiger partial charge is 0.497 e. The summed E-state index contributed by atoms with van der Waals surface area (Å²) in [6, 6.07) is 12.6. The molecule has 27 heavy (non-hydrogen) atoms. The minimum Gasteiger partial charge on any atom is -0.497 e. The Labute approximate surface area is 155 Å². The van der Waals surface area contributed by atoms with Gasteiger partial charge in [-0.25, -0.2) is 9.18 Å². The Hall–Kier alpha value is -3.42. The highest BCUT2D eigenvalue weighted by Crippen LogP contribution is 2.18. The number of likely N-dealkylation sites (N-methyl/N-ethyl adjacent to an activating group) is 1. The fourth-order valence-electron chi connectivity index (χ4n) is 2.33. The summed E-state index contributed by atoms with van der Waals surface area (Å²) >= 11 is 0. The van der Waals surface area contributed by atoms with Crippen LogP contribution in [0.25, 0.3) is 11.5 Å². The number of hydrogen-bond acceptors (Lipinski definition) is 5. The second kappa shape index (κ2) is 8.31. The maximum absolute atomic E-state index is 13.0. The van der Waals surface area contributed by atoms with Crippen LogP contribution in [0, 0.1) is 5.82 Å². The lowest BCUT2D eigenvalue weighted by molar-refractivity contribution is 0.222. The van der Waals surface area contributed by atoms with Crippen molar-refractivity contribution in [2.45, 2.75) is 6.42 Å². The number of aromatic nitrogens is 2. The molecule has 3 aromatic rings. The smallest absolute Gasteiger partial charge is 0.321 e. The number of urea groups is 1. The maximum Gasteiger partial charge on any atom is 0.321 e. The van der Waals surface area contributed by atoms with E-state index in [-0.39, 0.29) is 11.8 Å². The minimum atomic E-state index is -0.331. The molecule has 140 valence electrons. The molecule has 2 amide bonds. The van der Waals surface area contributed by atoms with E-state index in [1.807, 2.05) is 0 Å². The standard InChI is InChI=1S/C19H19FN4O3/c1-24(19(25)21-15-7-9-16(26-2)10-8-15)12-11-17-22-18(27-23-17)13-3-5-14(20)6-4-13/h3-10H,11-12H2,1-2H3,(H,21,25). The van der Waals surface area contributed by atoms with E-state index < -0.39 is 0 Å². The lowest BCUT2D eigenvalue weighted by Crippen LogP contribution is -2.33. The third-order valence-corrected chi connectivity index (χ3v) is 3.92. The van der Waals surface area contributed by atoms with Gasteiger partial charge in [0.25, 0.3) is 5.89 Å². The lowest BCUT2D eigenvalue weighted by Gasteiger charge is -2.17. The van der Waals surface area contributed by atoms with Crippen molar-refractivity contribution in [2.75, 3.05) is 26.0 Å². The van der Waals surface area contributed by atoms with Crippen LogP contribution < -0.4 is 10.1 Å². The van der Waals surface area contributed by atoms with Gasteiger partial charge in [0.15, 0.2) is 5.82 Å². The molecule has 0 radical (unpaired) electrons. The average Bonchev–Trinajstić information content (AvgIpc) is 3.16. The number of rotatable bonds is 6. The Morgan fingerprint density at radius 2 is 1.89 bits per heavy atom. The summed E-state index contributed by atoms with van der Waals surface area (Å²) in [5.74, 6) is 1.17. The predicted molar refractivity (Wildman–Crippen MR) is 98.0 cm³/mol. The van der Waals surface area contributed by atoms with E-state index in [9.17, 15) is 9.18 Å². The first-order valence-electron chi connectivity index (χ1n) is 8.30. The van der Waals surface area contributed by atoms with Crippen LogP contribution in [0.2, 0.25) is 0 Å². The molecular formula is C19H19FN4O3. The molecule has 0 aliphatic rings. The van der Waals surface area contributed by atoms with Crippen molar-refractivity contribution in [3.8, 4) is 17.2 Å². The monoisotopic (exact) mass is 370 g/mol. The van der Waals surface area contributed by atoms with Gasteiger partial charge >= 0.3 is 6.03 Å². The Morgan fingerprint density at radius 1 is 1.19 bits per heavy atom. The van der Waals surface area contributed by atoms with Gasteiger partial charge in [-0.05, 0) is 48.5 Å². The fourth-order valence-corrected chi connectivity index (χ4v) is 2.33. The van der Waals surface area contributed by atoms with Crippen LogP contribution in [-0.4, -0.2) is 41.8 Å². The van der Waals surface area contributed by atoms with Crippen LogP contribution in [0.15, 0.2) is 53.1 Å². The number of methoxy groups -OCH3 is 1. The van der Waals surface area contributed by atoms with Crippen LogP contribution >= 0.6 is 0 Å². The van der Waals surface area contributed by atoms with Gasteiger partial charge in [0, 0.05) is 31.3 Å². The first kappa shape index (κ1) is 18.4. The molecule has 0 fully saturated rings. The van der Waals surface area contributed by atoms with Gasteiger partial charge in [0.1, 0.15) is 11.6 Å². The molecule has 0 bridgehead atoms. The number of hydrogen-bond donors (Lipinski definition) is 1. The van der Waals surface area contributed by atoms with E-state index in [2.05, 4.69) is 15.5 Å². The molecule has 0 unspecified atom stereocenters. The topological polar surface area (TPSA) is 80.5 Å². The quantitative estimate of drug-likeness (QED) is 0.717. The van der Waals surface area contributed by atoms with E-state index in [1.165, 1.54) is 17.0 Å². The van der Waals surface area contributed by atoms with Crippen molar-refractivity contribution >= 4 is 11.7 Å². The molecule has 0 atom stereocenters. The molecule has 1 aromatic heterocycles. The third kappa shape index (κ3) is 4.81. The van der Waals surface area contributed by atoms with Crippen molar-refractivity contribution < 1.29 is 18.4 Å². The van der Waals surface area contributed by atoms with Crippen molar-refractivity contribution in [1.29, 1.82) is 0 Å². The van der Waals surface area contributed by atoms with Crippen LogP contribution in [0.5, 0.6) is 5.75 Å². The molecule has 1 N–H and O–H groups in total. The lowest BCUT2D eigenvalue weighted by atomic mass is 10.2. The Morgan fingerprint density at radius 3 is 2.56 bits per heavy atom. The maximum atomic E-state index is 13.0. The van der Waals surface area contributed by atoms with Gasteiger partial charge in [-0.1, -0.05) is 5.16 Å². The summed E-state index contributed by atoms with van der Waals surface area (Å²) < 4.78 is 23.2. The predicted octanol–water partition coefficient (Wildman–Crippen LogP) is 3.59. The molecular weight excluding hydrogens is 351 g/mol. The average molecular weight is 370 g/mol.